The van der Waals surface area contributed by atoms with E-state index in [0.717, 1.165) is 47.9 Å². The number of nitrogens with zero attached hydrogens (tertiary/aromatic N) is 3. The van der Waals surface area contributed by atoms with Gasteiger partial charge in [-0.25, -0.2) is 0 Å². The smallest absolute Gasteiger partial charge is 0.254 e. The lowest BCUT2D eigenvalue weighted by molar-refractivity contribution is -0.130. The lowest BCUT2D eigenvalue weighted by atomic mass is 9.81. The van der Waals surface area contributed by atoms with Gasteiger partial charge in [0, 0.05) is 42.2 Å². The van der Waals surface area contributed by atoms with Gasteiger partial charge in [0.15, 0.2) is 5.82 Å². The van der Waals surface area contributed by atoms with Gasteiger partial charge in [0.1, 0.15) is 6.04 Å². The average molecular weight is 707 g/mol. The molecule has 1 atom stereocenters. The SMILES string of the molecule is Cl.NC[C@H]1CC[C@H](C(=O)N[C@@H](Cc2cccc(-c3ccc(C(=O)N4CCOCC4)cc3)c2)C(=O)Nc2ccc(-c3nnc(Cl)[nH]3)cc2)CC1. The molecule has 1 aromatic heterocycles. The zero-order chi connectivity index (χ0) is 33.5. The summed E-state index contributed by atoms with van der Waals surface area (Å²) in [6, 6.07) is 21.8. The summed E-state index contributed by atoms with van der Waals surface area (Å²) in [7, 11) is 0. The van der Waals surface area contributed by atoms with Crippen molar-refractivity contribution in [3.8, 4) is 22.5 Å². The van der Waals surface area contributed by atoms with Gasteiger partial charge in [-0.15, -0.1) is 22.6 Å². The summed E-state index contributed by atoms with van der Waals surface area (Å²) in [6.45, 7) is 2.91. The van der Waals surface area contributed by atoms with Crippen molar-refractivity contribution in [1.29, 1.82) is 0 Å². The molecule has 2 heterocycles. The Balaban J connectivity index is 0.00000468. The molecule has 1 saturated heterocycles. The van der Waals surface area contributed by atoms with Gasteiger partial charge < -0.3 is 31.0 Å². The molecule has 11 nitrogen and oxygen atoms in total. The second-order valence-corrected chi connectivity index (χ2v) is 12.8. The van der Waals surface area contributed by atoms with Crippen LogP contribution in [0.2, 0.25) is 5.28 Å². The molecule has 5 N–H and O–H groups in total. The van der Waals surface area contributed by atoms with E-state index < -0.39 is 6.04 Å². The summed E-state index contributed by atoms with van der Waals surface area (Å²) >= 11 is 5.87. The highest BCUT2D eigenvalue weighted by molar-refractivity contribution is 6.28. The number of aromatic amines is 1. The number of hydrogen-bond donors (Lipinski definition) is 4. The summed E-state index contributed by atoms with van der Waals surface area (Å²) in [5.41, 5.74) is 10.6. The molecule has 0 spiro atoms. The molecule has 3 aromatic carbocycles. The van der Waals surface area contributed by atoms with Crippen LogP contribution in [0, 0.1) is 11.8 Å². The lowest BCUT2D eigenvalue weighted by Crippen LogP contribution is -2.48. The van der Waals surface area contributed by atoms with E-state index in [9.17, 15) is 14.4 Å². The number of ether oxygens (including phenoxy) is 1. The second kappa shape index (κ2) is 16.9. The number of morpholine rings is 1. The third kappa shape index (κ3) is 9.24. The molecule has 6 rings (SSSR count). The maximum atomic E-state index is 13.7. The van der Waals surface area contributed by atoms with Crippen LogP contribution in [0.4, 0.5) is 5.69 Å². The predicted molar refractivity (Wildman–Crippen MR) is 191 cm³/mol. The molecule has 1 saturated carbocycles. The Morgan fingerprint density at radius 3 is 2.27 bits per heavy atom. The molecule has 0 radical (unpaired) electrons. The minimum absolute atomic E-state index is 0. The highest BCUT2D eigenvalue weighted by atomic mass is 35.5. The van der Waals surface area contributed by atoms with Crippen LogP contribution < -0.4 is 16.4 Å². The van der Waals surface area contributed by atoms with E-state index in [0.29, 0.717) is 62.3 Å². The van der Waals surface area contributed by atoms with E-state index in [1.165, 1.54) is 0 Å². The first-order chi connectivity index (χ1) is 23.4. The number of anilines is 1. The Bertz CT molecular complexity index is 1720. The van der Waals surface area contributed by atoms with Crippen LogP contribution >= 0.6 is 24.0 Å². The Kier molecular flexibility index (Phi) is 12.4. The number of aromatic nitrogens is 3. The van der Waals surface area contributed by atoms with Crippen LogP contribution in [0.3, 0.4) is 0 Å². The van der Waals surface area contributed by atoms with Crippen molar-refractivity contribution in [2.45, 2.75) is 38.1 Å². The van der Waals surface area contributed by atoms with E-state index in [2.05, 4.69) is 25.8 Å². The highest BCUT2D eigenvalue weighted by Crippen LogP contribution is 2.29. The Hall–Kier alpha value is -4.29. The number of benzene rings is 3. The molecular weight excluding hydrogens is 665 g/mol. The lowest BCUT2D eigenvalue weighted by Gasteiger charge is -2.28. The summed E-state index contributed by atoms with van der Waals surface area (Å²) in [4.78, 5) is 44.8. The van der Waals surface area contributed by atoms with Crippen molar-refractivity contribution in [2.24, 2.45) is 17.6 Å². The Morgan fingerprint density at radius 1 is 0.918 bits per heavy atom. The molecule has 13 heteroatoms. The fourth-order valence-electron chi connectivity index (χ4n) is 6.34. The first-order valence-corrected chi connectivity index (χ1v) is 16.8. The topological polar surface area (TPSA) is 155 Å². The largest absolute Gasteiger partial charge is 0.378 e. The maximum absolute atomic E-state index is 13.7. The van der Waals surface area contributed by atoms with Crippen LogP contribution in [0.1, 0.15) is 41.6 Å². The third-order valence-corrected chi connectivity index (χ3v) is 9.37. The Labute approximate surface area is 296 Å². The van der Waals surface area contributed by atoms with Gasteiger partial charge in [-0.3, -0.25) is 14.4 Å². The van der Waals surface area contributed by atoms with Gasteiger partial charge in [-0.1, -0.05) is 36.4 Å². The number of carbonyl (C=O) groups excluding carboxylic acids is 3. The monoisotopic (exact) mass is 705 g/mol. The number of hydrogen-bond acceptors (Lipinski definition) is 7. The normalized spacial score (nSPS) is 18.2. The molecule has 1 aliphatic carbocycles. The maximum Gasteiger partial charge on any atom is 0.254 e. The number of carbonyl (C=O) groups is 3. The molecule has 3 amide bonds. The average Bonchev–Trinajstić information content (AvgIpc) is 3.58. The number of H-pyrrole nitrogens is 1. The third-order valence-electron chi connectivity index (χ3n) is 9.20. The number of nitrogens with two attached hydrogens (primary N) is 1. The van der Waals surface area contributed by atoms with Crippen molar-refractivity contribution in [2.75, 3.05) is 38.2 Å². The first-order valence-electron chi connectivity index (χ1n) is 16.4. The fourth-order valence-corrected chi connectivity index (χ4v) is 6.47. The Morgan fingerprint density at radius 2 is 1.61 bits per heavy atom. The van der Waals surface area contributed by atoms with E-state index in [1.54, 1.807) is 24.3 Å². The number of nitrogens with one attached hydrogen (secondary N) is 3. The van der Waals surface area contributed by atoms with Crippen LogP contribution in [0.5, 0.6) is 0 Å². The van der Waals surface area contributed by atoms with Crippen molar-refractivity contribution in [3.05, 3.63) is 89.2 Å². The summed E-state index contributed by atoms with van der Waals surface area (Å²) < 4.78 is 5.37. The molecule has 0 unspecified atom stereocenters. The predicted octanol–water partition coefficient (Wildman–Crippen LogP) is 5.12. The zero-order valence-corrected chi connectivity index (χ0v) is 28.6. The van der Waals surface area contributed by atoms with Crippen molar-refractivity contribution in [3.63, 3.8) is 0 Å². The molecule has 2 fully saturated rings. The van der Waals surface area contributed by atoms with Gasteiger partial charge in [-0.2, -0.15) is 0 Å². The molecule has 2 aliphatic rings. The zero-order valence-electron chi connectivity index (χ0n) is 27.1. The van der Waals surface area contributed by atoms with Gasteiger partial charge >= 0.3 is 0 Å². The molecule has 0 bridgehead atoms. The molecule has 258 valence electrons. The van der Waals surface area contributed by atoms with Crippen molar-refractivity contribution >= 4 is 47.4 Å². The summed E-state index contributed by atoms with van der Waals surface area (Å²) in [5.74, 6) is 0.382. The molecule has 1 aliphatic heterocycles. The van der Waals surface area contributed by atoms with E-state index in [4.69, 9.17) is 22.1 Å². The number of rotatable bonds is 10. The highest BCUT2D eigenvalue weighted by Gasteiger charge is 2.29. The van der Waals surface area contributed by atoms with Crippen LogP contribution in [-0.4, -0.2) is 76.7 Å². The standard InChI is InChI=1S/C36H40ClN7O4.ClH/c37-36-41-32(42-43-36)26-12-14-30(15-13-26)39-34(46)31(40-33(45)27-6-4-23(22-38)5-7-27)21-24-2-1-3-29(20-24)25-8-10-28(11-9-25)35(47)44-16-18-48-19-17-44;/h1-3,8-15,20,23,27,31H,4-7,16-19,21-22,38H2,(H,39,46)(H,40,45)(H,41,42,43);1H/t23-,27-,31-;/m0./s1. The minimum atomic E-state index is -0.804. The van der Waals surface area contributed by atoms with Crippen molar-refractivity contribution < 1.29 is 19.1 Å². The molecule has 4 aromatic rings. The second-order valence-electron chi connectivity index (χ2n) is 12.4. The number of halogens is 2. The van der Waals surface area contributed by atoms with Crippen molar-refractivity contribution in [1.82, 2.24) is 25.4 Å². The molecular formula is C36H41Cl2N7O4. The number of amides is 3. The van der Waals surface area contributed by atoms with E-state index in [-0.39, 0.29) is 41.3 Å². The summed E-state index contributed by atoms with van der Waals surface area (Å²) in [5, 5.41) is 14.0. The van der Waals surface area contributed by atoms with Gasteiger partial charge in [0.25, 0.3) is 5.91 Å². The van der Waals surface area contributed by atoms with Gasteiger partial charge in [0.05, 0.1) is 13.2 Å². The van der Waals surface area contributed by atoms with E-state index >= 15 is 0 Å². The van der Waals surface area contributed by atoms with Crippen LogP contribution in [-0.2, 0) is 20.7 Å². The quantitative estimate of drug-likeness (QED) is 0.179. The van der Waals surface area contributed by atoms with Gasteiger partial charge in [0.2, 0.25) is 17.1 Å². The van der Waals surface area contributed by atoms with Crippen LogP contribution in [0.15, 0.2) is 72.8 Å². The van der Waals surface area contributed by atoms with Crippen LogP contribution in [0.25, 0.3) is 22.5 Å². The van der Waals surface area contributed by atoms with E-state index in [1.807, 2.05) is 53.4 Å². The van der Waals surface area contributed by atoms with Gasteiger partial charge in [-0.05, 0) is 103 Å². The summed E-state index contributed by atoms with van der Waals surface area (Å²) in [6.07, 6.45) is 3.63. The minimum Gasteiger partial charge on any atom is -0.378 e. The first kappa shape index (κ1) is 36.0. The molecule has 49 heavy (non-hydrogen) atoms. The fraction of sp³-hybridized carbons (Fsp3) is 0.361.